The van der Waals surface area contributed by atoms with Gasteiger partial charge in [-0.25, -0.2) is 4.39 Å². The van der Waals surface area contributed by atoms with Crippen molar-refractivity contribution in [3.8, 4) is 5.75 Å². The van der Waals surface area contributed by atoms with Gasteiger partial charge < -0.3 is 15.6 Å². The second-order valence-corrected chi connectivity index (χ2v) is 3.66. The lowest BCUT2D eigenvalue weighted by molar-refractivity contribution is 0.267. The first-order valence-electron chi connectivity index (χ1n) is 3.99. The number of hydrogen-bond donors (Lipinski definition) is 2. The maximum atomic E-state index is 13.3. The molecule has 0 bridgehead atoms. The van der Waals surface area contributed by atoms with Crippen molar-refractivity contribution in [1.82, 2.24) is 0 Å². The molecule has 14 heavy (non-hydrogen) atoms. The normalized spacial score (nSPS) is 12.6. The largest absolute Gasteiger partial charge is 0.492 e. The van der Waals surface area contributed by atoms with Crippen LogP contribution in [-0.4, -0.2) is 18.8 Å². The van der Waals surface area contributed by atoms with Crippen molar-refractivity contribution in [2.75, 3.05) is 13.7 Å². The van der Waals surface area contributed by atoms with Crippen LogP contribution in [0.15, 0.2) is 16.6 Å². The molecule has 0 aliphatic rings. The summed E-state index contributed by atoms with van der Waals surface area (Å²) < 4.78 is 18.6. The van der Waals surface area contributed by atoms with E-state index in [9.17, 15) is 4.39 Å². The third-order valence-electron chi connectivity index (χ3n) is 1.85. The third kappa shape index (κ3) is 2.23. The Bertz CT molecular complexity index is 310. The summed E-state index contributed by atoms with van der Waals surface area (Å²) in [7, 11) is 1.38. The van der Waals surface area contributed by atoms with Crippen LogP contribution in [0.2, 0.25) is 0 Å². The molecule has 0 amide bonds. The molecule has 3 N–H and O–H groups in total. The number of halogens is 2. The minimum Gasteiger partial charge on any atom is -0.492 e. The van der Waals surface area contributed by atoms with Crippen LogP contribution in [0.25, 0.3) is 0 Å². The van der Waals surface area contributed by atoms with E-state index in [0.717, 1.165) is 0 Å². The second kappa shape index (κ2) is 4.72. The van der Waals surface area contributed by atoms with E-state index >= 15 is 0 Å². The minimum atomic E-state index is -0.577. The quantitative estimate of drug-likeness (QED) is 0.871. The molecule has 1 rings (SSSR count). The molecule has 0 saturated heterocycles. The van der Waals surface area contributed by atoms with E-state index in [1.807, 2.05) is 0 Å². The number of methoxy groups -OCH3 is 1. The van der Waals surface area contributed by atoms with Gasteiger partial charge in [0.15, 0.2) is 11.6 Å². The summed E-state index contributed by atoms with van der Waals surface area (Å²) >= 11 is 3.15. The van der Waals surface area contributed by atoms with Gasteiger partial charge >= 0.3 is 0 Å². The first kappa shape index (κ1) is 11.4. The van der Waals surface area contributed by atoms with Crippen molar-refractivity contribution in [2.24, 2.45) is 5.73 Å². The van der Waals surface area contributed by atoms with Crippen LogP contribution in [0.1, 0.15) is 11.6 Å². The number of hydrogen-bond acceptors (Lipinski definition) is 3. The van der Waals surface area contributed by atoms with Crippen LogP contribution in [-0.2, 0) is 0 Å². The van der Waals surface area contributed by atoms with E-state index in [2.05, 4.69) is 15.9 Å². The molecular formula is C9H11BrFNO2. The number of rotatable bonds is 3. The minimum absolute atomic E-state index is 0.138. The van der Waals surface area contributed by atoms with Crippen molar-refractivity contribution >= 4 is 15.9 Å². The molecule has 0 spiro atoms. The highest BCUT2D eigenvalue weighted by atomic mass is 79.9. The maximum Gasteiger partial charge on any atom is 0.168 e. The van der Waals surface area contributed by atoms with Crippen LogP contribution in [0.4, 0.5) is 4.39 Å². The van der Waals surface area contributed by atoms with Gasteiger partial charge in [-0.05, 0) is 33.6 Å². The molecule has 0 radical (unpaired) electrons. The smallest absolute Gasteiger partial charge is 0.168 e. The van der Waals surface area contributed by atoms with Crippen LogP contribution >= 0.6 is 15.9 Å². The highest BCUT2D eigenvalue weighted by molar-refractivity contribution is 9.10. The summed E-state index contributed by atoms with van der Waals surface area (Å²) in [6.07, 6.45) is 0. The predicted octanol–water partition coefficient (Wildman–Crippen LogP) is 1.59. The Morgan fingerprint density at radius 2 is 2.29 bits per heavy atom. The van der Waals surface area contributed by atoms with Crippen LogP contribution in [0.5, 0.6) is 5.75 Å². The van der Waals surface area contributed by atoms with Crippen LogP contribution < -0.4 is 10.5 Å². The number of aliphatic hydroxyl groups excluding tert-OH is 1. The molecule has 78 valence electrons. The van der Waals surface area contributed by atoms with E-state index in [4.69, 9.17) is 15.6 Å². The molecule has 0 fully saturated rings. The Labute approximate surface area is 89.8 Å². The zero-order chi connectivity index (χ0) is 10.7. The van der Waals surface area contributed by atoms with Crippen molar-refractivity contribution in [3.63, 3.8) is 0 Å². The van der Waals surface area contributed by atoms with Crippen molar-refractivity contribution in [3.05, 3.63) is 28.0 Å². The zero-order valence-corrected chi connectivity index (χ0v) is 9.21. The number of benzene rings is 1. The Morgan fingerprint density at radius 1 is 1.64 bits per heavy atom. The van der Waals surface area contributed by atoms with E-state index in [1.54, 1.807) is 6.07 Å². The lowest BCUT2D eigenvalue weighted by Crippen LogP contribution is -2.14. The molecule has 1 aromatic rings. The first-order valence-corrected chi connectivity index (χ1v) is 4.78. The van der Waals surface area contributed by atoms with Crippen molar-refractivity contribution in [2.45, 2.75) is 6.04 Å². The molecule has 0 saturated carbocycles. The van der Waals surface area contributed by atoms with Gasteiger partial charge in [0, 0.05) is 0 Å². The fraction of sp³-hybridized carbons (Fsp3) is 0.333. The summed E-state index contributed by atoms with van der Waals surface area (Å²) in [5, 5.41) is 8.80. The number of aliphatic hydroxyl groups is 1. The van der Waals surface area contributed by atoms with E-state index in [1.165, 1.54) is 13.2 Å². The fourth-order valence-electron chi connectivity index (χ4n) is 1.09. The molecule has 1 atom stereocenters. The average Bonchev–Trinajstić information content (AvgIpc) is 2.16. The Kier molecular flexibility index (Phi) is 3.86. The molecule has 3 nitrogen and oxygen atoms in total. The molecular weight excluding hydrogens is 253 g/mol. The van der Waals surface area contributed by atoms with Gasteiger partial charge in [0.1, 0.15) is 0 Å². The van der Waals surface area contributed by atoms with Crippen molar-refractivity contribution in [1.29, 1.82) is 0 Å². The standard InChI is InChI=1S/C9H11BrFNO2/c1-14-9-6(10)2-5(3-7(9)11)8(12)4-13/h2-3,8,13H,4,12H2,1H3. The van der Waals surface area contributed by atoms with E-state index in [0.29, 0.717) is 10.0 Å². The summed E-state index contributed by atoms with van der Waals surface area (Å²) in [5.41, 5.74) is 6.07. The SMILES string of the molecule is COc1c(F)cc(C(N)CO)cc1Br. The molecule has 5 heteroatoms. The van der Waals surface area contributed by atoms with Crippen LogP contribution in [0, 0.1) is 5.82 Å². The lowest BCUT2D eigenvalue weighted by atomic mass is 10.1. The first-order chi connectivity index (χ1) is 6.60. The van der Waals surface area contributed by atoms with Crippen LogP contribution in [0.3, 0.4) is 0 Å². The van der Waals surface area contributed by atoms with E-state index < -0.39 is 11.9 Å². The molecule has 1 aromatic carbocycles. The molecule has 1 unspecified atom stereocenters. The molecule has 0 heterocycles. The van der Waals surface area contributed by atoms with Gasteiger partial charge in [0.2, 0.25) is 0 Å². The summed E-state index contributed by atoms with van der Waals surface area (Å²) in [6, 6.07) is 2.31. The van der Waals surface area contributed by atoms with Gasteiger partial charge in [-0.15, -0.1) is 0 Å². The zero-order valence-electron chi connectivity index (χ0n) is 7.63. The van der Waals surface area contributed by atoms with Crippen molar-refractivity contribution < 1.29 is 14.2 Å². The van der Waals surface area contributed by atoms with E-state index in [-0.39, 0.29) is 12.4 Å². The molecule has 0 aromatic heterocycles. The Morgan fingerprint density at radius 3 is 2.71 bits per heavy atom. The Hall–Kier alpha value is -0.650. The predicted molar refractivity (Wildman–Crippen MR) is 54.7 cm³/mol. The van der Waals surface area contributed by atoms with Gasteiger partial charge in [-0.1, -0.05) is 0 Å². The number of nitrogens with two attached hydrogens (primary N) is 1. The lowest BCUT2D eigenvalue weighted by Gasteiger charge is -2.11. The summed E-state index contributed by atoms with van der Waals surface area (Å²) in [5.74, 6) is -0.361. The fourth-order valence-corrected chi connectivity index (χ4v) is 1.71. The van der Waals surface area contributed by atoms with Gasteiger partial charge in [-0.3, -0.25) is 0 Å². The summed E-state index contributed by atoms with van der Waals surface area (Å²) in [6.45, 7) is -0.224. The Balaban J connectivity index is 3.13. The highest BCUT2D eigenvalue weighted by Crippen LogP contribution is 2.30. The number of ether oxygens (including phenoxy) is 1. The monoisotopic (exact) mass is 263 g/mol. The highest BCUT2D eigenvalue weighted by Gasteiger charge is 2.13. The molecule has 0 aliphatic heterocycles. The second-order valence-electron chi connectivity index (χ2n) is 2.81. The maximum absolute atomic E-state index is 13.3. The topological polar surface area (TPSA) is 55.5 Å². The third-order valence-corrected chi connectivity index (χ3v) is 2.44. The van der Waals surface area contributed by atoms with Gasteiger partial charge in [-0.2, -0.15) is 0 Å². The van der Waals surface area contributed by atoms with Gasteiger partial charge in [0.05, 0.1) is 24.2 Å². The average molecular weight is 264 g/mol. The molecule has 0 aliphatic carbocycles. The van der Waals surface area contributed by atoms with Gasteiger partial charge in [0.25, 0.3) is 0 Å². The summed E-state index contributed by atoms with van der Waals surface area (Å²) in [4.78, 5) is 0.